The molecule has 2 aromatic heterocycles. The van der Waals surface area contributed by atoms with Gasteiger partial charge in [0.25, 0.3) is 0 Å². The van der Waals surface area contributed by atoms with Crippen LogP contribution in [0.2, 0.25) is 0 Å². The first-order valence-electron chi connectivity index (χ1n) is 6.22. The molecule has 5 heteroatoms. The summed E-state index contributed by atoms with van der Waals surface area (Å²) in [5, 5.41) is 4.50. The fraction of sp³-hybridized carbons (Fsp3) is 0.667. The van der Waals surface area contributed by atoms with Gasteiger partial charge in [-0.25, -0.2) is 4.98 Å². The highest BCUT2D eigenvalue weighted by atomic mass is 15.3. The van der Waals surface area contributed by atoms with Crippen LogP contribution in [0.5, 0.6) is 0 Å². The number of hydrogen-bond donors (Lipinski definition) is 1. The van der Waals surface area contributed by atoms with Gasteiger partial charge in [0.15, 0.2) is 5.65 Å². The second-order valence-corrected chi connectivity index (χ2v) is 5.46. The van der Waals surface area contributed by atoms with E-state index in [1.54, 1.807) is 0 Å². The molecule has 2 N–H and O–H groups in total. The third kappa shape index (κ3) is 1.52. The lowest BCUT2D eigenvalue weighted by Crippen LogP contribution is -2.12. The predicted octanol–water partition coefficient (Wildman–Crippen LogP) is 1.71. The van der Waals surface area contributed by atoms with E-state index in [1.165, 1.54) is 12.8 Å². The Bertz CT molecular complexity index is 573. The van der Waals surface area contributed by atoms with Crippen molar-refractivity contribution in [3.05, 3.63) is 5.69 Å². The van der Waals surface area contributed by atoms with Gasteiger partial charge in [0.05, 0.1) is 5.69 Å². The van der Waals surface area contributed by atoms with Crippen LogP contribution in [-0.4, -0.2) is 19.3 Å². The van der Waals surface area contributed by atoms with Gasteiger partial charge in [-0.15, -0.1) is 0 Å². The molecule has 17 heavy (non-hydrogen) atoms. The number of aryl methyl sites for hydroxylation is 2. The highest BCUT2D eigenvalue weighted by Gasteiger charge is 2.38. The van der Waals surface area contributed by atoms with Crippen LogP contribution in [0.3, 0.4) is 0 Å². The lowest BCUT2D eigenvalue weighted by molar-refractivity contribution is 0.471. The highest BCUT2D eigenvalue weighted by molar-refractivity contribution is 5.77. The van der Waals surface area contributed by atoms with Crippen LogP contribution >= 0.6 is 0 Å². The van der Waals surface area contributed by atoms with Gasteiger partial charge in [-0.3, -0.25) is 9.25 Å². The van der Waals surface area contributed by atoms with Crippen LogP contribution in [0, 0.1) is 5.41 Å². The van der Waals surface area contributed by atoms with Gasteiger partial charge in [-0.1, -0.05) is 13.8 Å². The van der Waals surface area contributed by atoms with E-state index in [4.69, 9.17) is 5.73 Å². The summed E-state index contributed by atoms with van der Waals surface area (Å²) in [6.07, 6.45) is 3.46. The largest absolute Gasteiger partial charge is 0.369 e. The van der Waals surface area contributed by atoms with Crippen molar-refractivity contribution in [2.45, 2.75) is 39.7 Å². The number of nitrogen functional groups attached to an aromatic ring is 1. The molecule has 1 aliphatic carbocycles. The minimum Gasteiger partial charge on any atom is -0.369 e. The van der Waals surface area contributed by atoms with E-state index in [1.807, 2.05) is 11.7 Å². The van der Waals surface area contributed by atoms with Gasteiger partial charge in [0, 0.05) is 13.6 Å². The van der Waals surface area contributed by atoms with E-state index >= 15 is 0 Å². The molecule has 0 amide bonds. The van der Waals surface area contributed by atoms with Crippen molar-refractivity contribution >= 4 is 17.1 Å². The summed E-state index contributed by atoms with van der Waals surface area (Å²) in [5.74, 6) is 0.621. The van der Waals surface area contributed by atoms with Crippen molar-refractivity contribution in [2.75, 3.05) is 5.73 Å². The van der Waals surface area contributed by atoms with Crippen LogP contribution in [0.4, 0.5) is 5.95 Å². The summed E-state index contributed by atoms with van der Waals surface area (Å²) in [7, 11) is 1.97. The summed E-state index contributed by atoms with van der Waals surface area (Å²) in [5.41, 5.74) is 9.52. The third-order valence-corrected chi connectivity index (χ3v) is 3.80. The zero-order chi connectivity index (χ0) is 12.2. The number of fused-ring (bicyclic) bond motifs is 1. The van der Waals surface area contributed by atoms with Gasteiger partial charge in [-0.05, 0) is 24.7 Å². The lowest BCUT2D eigenvalue weighted by atomic mass is 10.1. The quantitative estimate of drug-likeness (QED) is 0.878. The van der Waals surface area contributed by atoms with Crippen LogP contribution < -0.4 is 5.73 Å². The molecule has 92 valence electrons. The van der Waals surface area contributed by atoms with Crippen LogP contribution in [-0.2, 0) is 20.0 Å². The smallest absolute Gasteiger partial charge is 0.202 e. The molecule has 3 rings (SSSR count). The second kappa shape index (κ2) is 3.24. The summed E-state index contributed by atoms with van der Waals surface area (Å²) in [4.78, 5) is 4.47. The van der Waals surface area contributed by atoms with Gasteiger partial charge in [0.2, 0.25) is 5.95 Å². The predicted molar refractivity (Wildman–Crippen MR) is 67.6 cm³/mol. The molecule has 0 aliphatic heterocycles. The lowest BCUT2D eigenvalue weighted by Gasteiger charge is -2.11. The molecule has 0 spiro atoms. The first-order valence-corrected chi connectivity index (χ1v) is 6.22. The molecule has 2 aromatic rings. The van der Waals surface area contributed by atoms with Crippen molar-refractivity contribution in [1.29, 1.82) is 0 Å². The molecule has 0 saturated heterocycles. The minimum absolute atomic E-state index is 0.415. The highest BCUT2D eigenvalue weighted by Crippen LogP contribution is 2.47. The van der Waals surface area contributed by atoms with Gasteiger partial charge in [-0.2, -0.15) is 5.10 Å². The van der Waals surface area contributed by atoms with Crippen molar-refractivity contribution in [1.82, 2.24) is 19.3 Å². The Kier molecular flexibility index (Phi) is 2.03. The van der Waals surface area contributed by atoms with Crippen molar-refractivity contribution in [3.8, 4) is 0 Å². The number of nitrogens with two attached hydrogens (primary N) is 1. The Morgan fingerprint density at radius 1 is 1.41 bits per heavy atom. The summed E-state index contributed by atoms with van der Waals surface area (Å²) in [6, 6.07) is 0. The monoisotopic (exact) mass is 233 g/mol. The normalized spacial score (nSPS) is 17.8. The molecular formula is C12H19N5. The molecule has 1 fully saturated rings. The molecule has 1 aliphatic rings. The van der Waals surface area contributed by atoms with Gasteiger partial charge in [0.1, 0.15) is 5.52 Å². The number of rotatable bonds is 3. The number of imidazole rings is 1. The standard InChI is InChI=1S/C12H19N5/c1-4-8-9-10(16(3)15-8)17(11(13)14-9)7-12(2)5-6-12/h4-7H2,1-3H3,(H2,13,14). The van der Waals surface area contributed by atoms with Crippen LogP contribution in [0.1, 0.15) is 32.4 Å². The van der Waals surface area contributed by atoms with Crippen molar-refractivity contribution in [3.63, 3.8) is 0 Å². The molecule has 2 heterocycles. The maximum absolute atomic E-state index is 6.04. The number of nitrogens with zero attached hydrogens (tertiary/aromatic N) is 4. The van der Waals surface area contributed by atoms with E-state index < -0.39 is 0 Å². The first kappa shape index (κ1) is 10.6. The second-order valence-electron chi connectivity index (χ2n) is 5.46. The third-order valence-electron chi connectivity index (χ3n) is 3.80. The Morgan fingerprint density at radius 2 is 2.12 bits per heavy atom. The maximum Gasteiger partial charge on any atom is 0.202 e. The van der Waals surface area contributed by atoms with E-state index in [0.29, 0.717) is 11.4 Å². The van der Waals surface area contributed by atoms with Crippen molar-refractivity contribution in [2.24, 2.45) is 12.5 Å². The Hall–Kier alpha value is -1.52. The van der Waals surface area contributed by atoms with E-state index in [9.17, 15) is 0 Å². The van der Waals surface area contributed by atoms with Crippen LogP contribution in [0.25, 0.3) is 11.2 Å². The topological polar surface area (TPSA) is 61.7 Å². The number of hydrogen-bond acceptors (Lipinski definition) is 3. The maximum atomic E-state index is 6.04. The summed E-state index contributed by atoms with van der Waals surface area (Å²) in [6.45, 7) is 5.35. The van der Waals surface area contributed by atoms with E-state index in [2.05, 4.69) is 28.5 Å². The Morgan fingerprint density at radius 3 is 2.71 bits per heavy atom. The molecule has 0 aromatic carbocycles. The van der Waals surface area contributed by atoms with Gasteiger partial charge < -0.3 is 5.73 Å². The first-order chi connectivity index (χ1) is 8.04. The SMILES string of the molecule is CCc1nn(C)c2c1nc(N)n2CC1(C)CC1. The van der Waals surface area contributed by atoms with Crippen LogP contribution in [0.15, 0.2) is 0 Å². The summed E-state index contributed by atoms with van der Waals surface area (Å²) >= 11 is 0. The number of aromatic nitrogens is 4. The average Bonchev–Trinajstić information content (AvgIpc) is 2.80. The fourth-order valence-electron chi connectivity index (χ4n) is 2.41. The van der Waals surface area contributed by atoms with Gasteiger partial charge >= 0.3 is 0 Å². The molecule has 0 radical (unpaired) electrons. The van der Waals surface area contributed by atoms with E-state index in [0.717, 1.165) is 29.8 Å². The summed E-state index contributed by atoms with van der Waals surface area (Å²) < 4.78 is 4.03. The van der Waals surface area contributed by atoms with E-state index in [-0.39, 0.29) is 0 Å². The van der Waals surface area contributed by atoms with Crippen molar-refractivity contribution < 1.29 is 0 Å². The zero-order valence-electron chi connectivity index (χ0n) is 10.7. The Balaban J connectivity index is 2.16. The molecule has 0 atom stereocenters. The molecule has 1 saturated carbocycles. The Labute approximate surface area is 101 Å². The molecular weight excluding hydrogens is 214 g/mol. The minimum atomic E-state index is 0.415. The zero-order valence-corrected chi connectivity index (χ0v) is 10.7. The molecule has 0 unspecified atom stereocenters. The molecule has 5 nitrogen and oxygen atoms in total. The molecule has 0 bridgehead atoms. The number of anilines is 1. The fourth-order valence-corrected chi connectivity index (χ4v) is 2.41. The average molecular weight is 233 g/mol.